The largest absolute Gasteiger partial charge is 0.493 e. The summed E-state index contributed by atoms with van der Waals surface area (Å²) in [4.78, 5) is 12.2. The predicted octanol–water partition coefficient (Wildman–Crippen LogP) is 2.42. The number of nitrogens with one attached hydrogen (secondary N) is 1. The Balaban J connectivity index is 1.70. The fourth-order valence-corrected chi connectivity index (χ4v) is 3.17. The van der Waals surface area contributed by atoms with Crippen molar-refractivity contribution in [2.45, 2.75) is 32.2 Å². The number of amides is 1. The van der Waals surface area contributed by atoms with Crippen molar-refractivity contribution in [2.24, 2.45) is 0 Å². The summed E-state index contributed by atoms with van der Waals surface area (Å²) in [5.74, 6) is 0.847. The van der Waals surface area contributed by atoms with Crippen LogP contribution >= 0.6 is 11.3 Å². The SMILES string of the molecule is Cc1nnc(CC(=O)NC2CCCOc3ccccc32)s1. The highest BCUT2D eigenvalue weighted by molar-refractivity contribution is 7.11. The fraction of sp³-hybridized carbons (Fsp3) is 0.400. The second kappa shape index (κ2) is 6.22. The first kappa shape index (κ1) is 14.0. The van der Waals surface area contributed by atoms with Crippen molar-refractivity contribution in [3.63, 3.8) is 0 Å². The highest BCUT2D eigenvalue weighted by Crippen LogP contribution is 2.31. The van der Waals surface area contributed by atoms with Crippen molar-refractivity contribution in [1.29, 1.82) is 0 Å². The van der Waals surface area contributed by atoms with E-state index in [1.165, 1.54) is 11.3 Å². The number of carbonyl (C=O) groups excluding carboxylic acids is 1. The van der Waals surface area contributed by atoms with E-state index >= 15 is 0 Å². The minimum atomic E-state index is -0.0205. The van der Waals surface area contributed by atoms with Crippen LogP contribution in [-0.2, 0) is 11.2 Å². The minimum Gasteiger partial charge on any atom is -0.493 e. The number of aryl methyl sites for hydroxylation is 1. The zero-order valence-electron chi connectivity index (χ0n) is 11.8. The van der Waals surface area contributed by atoms with E-state index in [1.54, 1.807) is 0 Å². The molecular formula is C15H17N3O2S. The van der Waals surface area contributed by atoms with Crippen LogP contribution in [0.4, 0.5) is 0 Å². The highest BCUT2D eigenvalue weighted by atomic mass is 32.1. The molecule has 0 aliphatic carbocycles. The van der Waals surface area contributed by atoms with Crippen molar-refractivity contribution >= 4 is 17.2 Å². The summed E-state index contributed by atoms with van der Waals surface area (Å²) >= 11 is 1.46. The molecule has 1 N–H and O–H groups in total. The first-order valence-corrected chi connectivity index (χ1v) is 7.84. The van der Waals surface area contributed by atoms with Crippen LogP contribution in [0.1, 0.15) is 34.5 Å². The van der Waals surface area contributed by atoms with Crippen LogP contribution in [0.3, 0.4) is 0 Å². The van der Waals surface area contributed by atoms with Gasteiger partial charge in [-0.05, 0) is 25.8 Å². The molecular weight excluding hydrogens is 286 g/mol. The third kappa shape index (κ3) is 3.39. The van der Waals surface area contributed by atoms with Gasteiger partial charge in [-0.2, -0.15) is 0 Å². The Bertz CT molecular complexity index is 641. The van der Waals surface area contributed by atoms with Crippen molar-refractivity contribution in [1.82, 2.24) is 15.5 Å². The Kier molecular flexibility index (Phi) is 4.15. The van der Waals surface area contributed by atoms with Gasteiger partial charge in [0.25, 0.3) is 0 Å². The van der Waals surface area contributed by atoms with E-state index in [9.17, 15) is 4.79 Å². The molecule has 1 amide bonds. The number of rotatable bonds is 3. The van der Waals surface area contributed by atoms with E-state index in [0.29, 0.717) is 6.61 Å². The van der Waals surface area contributed by atoms with E-state index in [1.807, 2.05) is 31.2 Å². The summed E-state index contributed by atoms with van der Waals surface area (Å²) in [5, 5.41) is 12.7. The lowest BCUT2D eigenvalue weighted by atomic mass is 10.0. The van der Waals surface area contributed by atoms with E-state index in [0.717, 1.165) is 34.2 Å². The molecule has 1 aliphatic heterocycles. The smallest absolute Gasteiger partial charge is 0.227 e. The van der Waals surface area contributed by atoms with Gasteiger partial charge in [0.15, 0.2) is 0 Å². The monoisotopic (exact) mass is 303 g/mol. The number of nitrogens with zero attached hydrogens (tertiary/aromatic N) is 2. The molecule has 0 saturated heterocycles. The number of para-hydroxylation sites is 1. The van der Waals surface area contributed by atoms with Gasteiger partial charge in [-0.3, -0.25) is 4.79 Å². The van der Waals surface area contributed by atoms with Crippen molar-refractivity contribution in [2.75, 3.05) is 6.61 Å². The third-order valence-electron chi connectivity index (χ3n) is 3.40. The van der Waals surface area contributed by atoms with Gasteiger partial charge >= 0.3 is 0 Å². The van der Waals surface area contributed by atoms with E-state index in [2.05, 4.69) is 15.5 Å². The molecule has 1 unspecified atom stereocenters. The number of benzene rings is 1. The zero-order valence-corrected chi connectivity index (χ0v) is 12.7. The van der Waals surface area contributed by atoms with Gasteiger partial charge < -0.3 is 10.1 Å². The molecule has 1 aliphatic rings. The average Bonchev–Trinajstić information content (AvgIpc) is 2.77. The summed E-state index contributed by atoms with van der Waals surface area (Å²) in [5.41, 5.74) is 1.05. The Morgan fingerprint density at radius 1 is 1.43 bits per heavy atom. The second-order valence-electron chi connectivity index (χ2n) is 5.04. The second-order valence-corrected chi connectivity index (χ2v) is 6.31. The maximum atomic E-state index is 12.2. The molecule has 0 fully saturated rings. The van der Waals surface area contributed by atoms with Crippen LogP contribution in [0, 0.1) is 6.92 Å². The van der Waals surface area contributed by atoms with Crippen LogP contribution < -0.4 is 10.1 Å². The number of hydrogen-bond donors (Lipinski definition) is 1. The third-order valence-corrected chi connectivity index (χ3v) is 4.24. The predicted molar refractivity (Wildman–Crippen MR) is 80.4 cm³/mol. The maximum absolute atomic E-state index is 12.2. The molecule has 6 heteroatoms. The summed E-state index contributed by atoms with van der Waals surface area (Å²) < 4.78 is 5.71. The number of ether oxygens (including phenoxy) is 1. The molecule has 1 atom stereocenters. The van der Waals surface area contributed by atoms with Gasteiger partial charge in [0.2, 0.25) is 5.91 Å². The van der Waals surface area contributed by atoms with E-state index in [-0.39, 0.29) is 18.4 Å². The number of hydrogen-bond acceptors (Lipinski definition) is 5. The molecule has 1 aromatic carbocycles. The van der Waals surface area contributed by atoms with E-state index in [4.69, 9.17) is 4.74 Å². The molecule has 110 valence electrons. The molecule has 0 spiro atoms. The lowest BCUT2D eigenvalue weighted by molar-refractivity contribution is -0.121. The van der Waals surface area contributed by atoms with Crippen LogP contribution in [-0.4, -0.2) is 22.7 Å². The molecule has 0 saturated carbocycles. The quantitative estimate of drug-likeness (QED) is 0.946. The minimum absolute atomic E-state index is 0.00483. The van der Waals surface area contributed by atoms with Crippen LogP contribution in [0.5, 0.6) is 5.75 Å². The number of aromatic nitrogens is 2. The number of carbonyl (C=O) groups is 1. The van der Waals surface area contributed by atoms with Gasteiger partial charge in [-0.15, -0.1) is 21.5 Å². The lowest BCUT2D eigenvalue weighted by Crippen LogP contribution is -2.29. The highest BCUT2D eigenvalue weighted by Gasteiger charge is 2.21. The first-order valence-electron chi connectivity index (χ1n) is 7.02. The first-order chi connectivity index (χ1) is 10.2. The molecule has 2 heterocycles. The molecule has 1 aromatic heterocycles. The van der Waals surface area contributed by atoms with E-state index < -0.39 is 0 Å². The Labute approximate surface area is 127 Å². The standard InChI is InChI=1S/C15H17N3O2S/c1-10-17-18-15(21-10)9-14(19)16-12-6-4-8-20-13-7-3-2-5-11(12)13/h2-3,5,7,12H,4,6,8-9H2,1H3,(H,16,19). The molecule has 2 aromatic rings. The van der Waals surface area contributed by atoms with Crippen molar-refractivity contribution in [3.8, 4) is 5.75 Å². The van der Waals surface area contributed by atoms with Gasteiger partial charge in [0.05, 0.1) is 19.1 Å². The van der Waals surface area contributed by atoms with Crippen molar-refractivity contribution in [3.05, 3.63) is 39.8 Å². The van der Waals surface area contributed by atoms with Gasteiger partial charge in [0.1, 0.15) is 15.8 Å². The van der Waals surface area contributed by atoms with Crippen LogP contribution in [0.2, 0.25) is 0 Å². The summed E-state index contributed by atoms with van der Waals surface area (Å²) in [6, 6.07) is 7.90. The number of fused-ring (bicyclic) bond motifs is 1. The van der Waals surface area contributed by atoms with Gasteiger partial charge in [-0.25, -0.2) is 0 Å². The van der Waals surface area contributed by atoms with Crippen LogP contribution in [0.25, 0.3) is 0 Å². The molecule has 3 rings (SSSR count). The summed E-state index contributed by atoms with van der Waals surface area (Å²) in [6.07, 6.45) is 2.10. The Hall–Kier alpha value is -1.95. The van der Waals surface area contributed by atoms with Crippen molar-refractivity contribution < 1.29 is 9.53 Å². The van der Waals surface area contributed by atoms with Crippen LogP contribution in [0.15, 0.2) is 24.3 Å². The summed E-state index contributed by atoms with van der Waals surface area (Å²) in [6.45, 7) is 2.58. The normalized spacial score (nSPS) is 17.5. The Morgan fingerprint density at radius 2 is 2.29 bits per heavy atom. The fourth-order valence-electron chi connectivity index (χ4n) is 2.47. The van der Waals surface area contributed by atoms with Gasteiger partial charge in [-0.1, -0.05) is 18.2 Å². The topological polar surface area (TPSA) is 64.1 Å². The zero-order chi connectivity index (χ0) is 14.7. The summed E-state index contributed by atoms with van der Waals surface area (Å²) in [7, 11) is 0. The molecule has 21 heavy (non-hydrogen) atoms. The Morgan fingerprint density at radius 3 is 3.10 bits per heavy atom. The lowest BCUT2D eigenvalue weighted by Gasteiger charge is -2.18. The molecule has 0 radical (unpaired) electrons. The average molecular weight is 303 g/mol. The molecule has 0 bridgehead atoms. The maximum Gasteiger partial charge on any atom is 0.227 e. The van der Waals surface area contributed by atoms with Gasteiger partial charge in [0, 0.05) is 5.56 Å². The molecule has 5 nitrogen and oxygen atoms in total.